The van der Waals surface area contributed by atoms with Gasteiger partial charge in [0.2, 0.25) is 0 Å². The molecule has 0 saturated carbocycles. The van der Waals surface area contributed by atoms with Crippen molar-refractivity contribution in [2.45, 2.75) is 19.4 Å². The van der Waals surface area contributed by atoms with E-state index < -0.39 is 0 Å². The van der Waals surface area contributed by atoms with E-state index in [1.165, 1.54) is 21.0 Å². The number of benzene rings is 1. The van der Waals surface area contributed by atoms with E-state index in [1.54, 1.807) is 0 Å². The number of aryl methyl sites for hydroxylation is 1. The summed E-state index contributed by atoms with van der Waals surface area (Å²) >= 11 is 1.88. The summed E-state index contributed by atoms with van der Waals surface area (Å²) in [6.07, 6.45) is 0. The smallest absolute Gasteiger partial charge is 0.0376 e. The molecule has 94 valence electrons. The maximum atomic E-state index is 3.57. The molecular formula is C15H18N2S. The Hall–Kier alpha value is -1.32. The predicted octanol–water partition coefficient (Wildman–Crippen LogP) is 3.36. The van der Waals surface area contributed by atoms with Gasteiger partial charge in [-0.3, -0.25) is 0 Å². The van der Waals surface area contributed by atoms with Gasteiger partial charge in [0.1, 0.15) is 0 Å². The van der Waals surface area contributed by atoms with Gasteiger partial charge in [0.15, 0.2) is 0 Å². The lowest BCUT2D eigenvalue weighted by atomic mass is 10.0. The van der Waals surface area contributed by atoms with Crippen molar-refractivity contribution < 1.29 is 0 Å². The van der Waals surface area contributed by atoms with E-state index in [0.29, 0.717) is 5.92 Å². The Morgan fingerprint density at radius 1 is 1.28 bits per heavy atom. The molecule has 0 radical (unpaired) electrons. The molecule has 0 aliphatic carbocycles. The zero-order valence-corrected chi connectivity index (χ0v) is 11.4. The largest absolute Gasteiger partial charge is 0.384 e. The first-order chi connectivity index (χ1) is 8.83. The molecule has 2 aromatic rings. The predicted molar refractivity (Wildman–Crippen MR) is 78.4 cm³/mol. The number of para-hydroxylation sites is 1. The summed E-state index contributed by atoms with van der Waals surface area (Å²) in [5.74, 6) is 0.599. The van der Waals surface area contributed by atoms with Gasteiger partial charge in [0.25, 0.3) is 0 Å². The maximum absolute atomic E-state index is 3.57. The Labute approximate surface area is 112 Å². The molecule has 18 heavy (non-hydrogen) atoms. The average Bonchev–Trinajstić information content (AvgIpc) is 2.97. The fourth-order valence-electron chi connectivity index (χ4n) is 2.49. The molecule has 0 saturated heterocycles. The fraction of sp³-hybridized carbons (Fsp3) is 0.333. The van der Waals surface area contributed by atoms with Crippen LogP contribution < -0.4 is 10.6 Å². The molecule has 2 N–H and O–H groups in total. The van der Waals surface area contributed by atoms with Crippen LogP contribution in [0.2, 0.25) is 0 Å². The van der Waals surface area contributed by atoms with Crippen molar-refractivity contribution >= 4 is 17.0 Å². The molecular weight excluding hydrogens is 240 g/mol. The number of fused-ring (bicyclic) bond motifs is 1. The van der Waals surface area contributed by atoms with Gasteiger partial charge in [-0.25, -0.2) is 0 Å². The molecule has 3 heteroatoms. The number of rotatable bonds is 4. The second kappa shape index (κ2) is 5.12. The summed E-state index contributed by atoms with van der Waals surface area (Å²) in [5, 5.41) is 7.03. The highest BCUT2D eigenvalue weighted by atomic mass is 32.1. The van der Waals surface area contributed by atoms with E-state index in [9.17, 15) is 0 Å². The van der Waals surface area contributed by atoms with Crippen LogP contribution in [0.15, 0.2) is 36.4 Å². The van der Waals surface area contributed by atoms with Crippen LogP contribution >= 0.6 is 11.3 Å². The van der Waals surface area contributed by atoms with E-state index in [-0.39, 0.29) is 0 Å². The summed E-state index contributed by atoms with van der Waals surface area (Å²) < 4.78 is 0. The summed E-state index contributed by atoms with van der Waals surface area (Å²) in [5.41, 5.74) is 2.75. The molecule has 0 amide bonds. The van der Waals surface area contributed by atoms with Crippen LogP contribution in [0.4, 0.5) is 5.69 Å². The highest BCUT2D eigenvalue weighted by Crippen LogP contribution is 2.30. The Morgan fingerprint density at radius 3 is 3.00 bits per heavy atom. The Morgan fingerprint density at radius 2 is 2.17 bits per heavy atom. The monoisotopic (exact) mass is 258 g/mol. The number of anilines is 1. The van der Waals surface area contributed by atoms with E-state index in [2.05, 4.69) is 54.0 Å². The number of thiophene rings is 1. The molecule has 3 rings (SSSR count). The molecule has 1 aliphatic rings. The van der Waals surface area contributed by atoms with Crippen LogP contribution in [0.5, 0.6) is 0 Å². The second-order valence-corrected chi connectivity index (χ2v) is 6.18. The van der Waals surface area contributed by atoms with E-state index in [1.807, 2.05) is 11.3 Å². The van der Waals surface area contributed by atoms with Crippen LogP contribution in [-0.2, 0) is 6.54 Å². The third kappa shape index (κ3) is 2.42. The zero-order chi connectivity index (χ0) is 12.4. The maximum Gasteiger partial charge on any atom is 0.0376 e. The first kappa shape index (κ1) is 11.8. The average molecular weight is 258 g/mol. The lowest BCUT2D eigenvalue weighted by Gasteiger charge is -2.10. The molecule has 2 heterocycles. The minimum atomic E-state index is 0.599. The van der Waals surface area contributed by atoms with Gasteiger partial charge in [-0.1, -0.05) is 18.2 Å². The van der Waals surface area contributed by atoms with Gasteiger partial charge in [0, 0.05) is 41.0 Å². The highest BCUT2D eigenvalue weighted by Gasteiger charge is 2.20. The van der Waals surface area contributed by atoms with E-state index >= 15 is 0 Å². The first-order valence-electron chi connectivity index (χ1n) is 6.42. The third-order valence-electron chi connectivity index (χ3n) is 3.43. The molecule has 1 aromatic carbocycles. The van der Waals surface area contributed by atoms with Gasteiger partial charge < -0.3 is 10.6 Å². The number of hydrogen-bond donors (Lipinski definition) is 2. The number of nitrogens with one attached hydrogen (secondary N) is 2. The van der Waals surface area contributed by atoms with Crippen molar-refractivity contribution in [1.29, 1.82) is 0 Å². The van der Waals surface area contributed by atoms with Gasteiger partial charge >= 0.3 is 0 Å². The molecule has 0 bridgehead atoms. The summed E-state index contributed by atoms with van der Waals surface area (Å²) in [7, 11) is 0. The van der Waals surface area contributed by atoms with Crippen LogP contribution in [-0.4, -0.2) is 13.1 Å². The molecule has 1 unspecified atom stereocenters. The summed E-state index contributed by atoms with van der Waals surface area (Å²) in [4.78, 5) is 2.81. The lowest BCUT2D eigenvalue weighted by molar-refractivity contribution is 0.617. The second-order valence-electron chi connectivity index (χ2n) is 4.81. The van der Waals surface area contributed by atoms with Crippen molar-refractivity contribution in [2.75, 3.05) is 18.4 Å². The van der Waals surface area contributed by atoms with E-state index in [0.717, 1.165) is 19.6 Å². The molecule has 0 fully saturated rings. The summed E-state index contributed by atoms with van der Waals surface area (Å²) in [6, 6.07) is 13.0. The van der Waals surface area contributed by atoms with Gasteiger partial charge in [-0.05, 0) is 30.7 Å². The van der Waals surface area contributed by atoms with Crippen LogP contribution in [0.1, 0.15) is 21.2 Å². The van der Waals surface area contributed by atoms with Gasteiger partial charge in [-0.2, -0.15) is 0 Å². The van der Waals surface area contributed by atoms with Crippen LogP contribution in [0.3, 0.4) is 0 Å². The molecule has 1 aliphatic heterocycles. The normalized spacial score (nSPS) is 17.5. The topological polar surface area (TPSA) is 24.1 Å². The fourth-order valence-corrected chi connectivity index (χ4v) is 3.35. The van der Waals surface area contributed by atoms with Crippen LogP contribution in [0.25, 0.3) is 0 Å². The van der Waals surface area contributed by atoms with E-state index in [4.69, 9.17) is 0 Å². The van der Waals surface area contributed by atoms with Crippen molar-refractivity contribution in [3.8, 4) is 0 Å². The minimum absolute atomic E-state index is 0.599. The highest BCUT2D eigenvalue weighted by molar-refractivity contribution is 7.11. The standard InChI is InChI=1S/C15H18N2S/c1-11-6-7-13(18-11)10-16-8-12-9-17-15-5-3-2-4-14(12)15/h2-7,12,16-17H,8-10H2,1H3. The first-order valence-corrected chi connectivity index (χ1v) is 7.23. The molecule has 2 nitrogen and oxygen atoms in total. The molecule has 1 aromatic heterocycles. The lowest BCUT2D eigenvalue weighted by Crippen LogP contribution is -2.21. The summed E-state index contributed by atoms with van der Waals surface area (Å²) in [6.45, 7) is 5.24. The Bertz CT molecular complexity index is 533. The SMILES string of the molecule is Cc1ccc(CNCC2CNc3ccccc32)s1. The zero-order valence-electron chi connectivity index (χ0n) is 10.6. The quantitative estimate of drug-likeness (QED) is 0.878. The van der Waals surface area contributed by atoms with Gasteiger partial charge in [-0.15, -0.1) is 11.3 Å². The molecule has 1 atom stereocenters. The van der Waals surface area contributed by atoms with Crippen LogP contribution in [0, 0.1) is 6.92 Å². The van der Waals surface area contributed by atoms with Crippen molar-refractivity contribution in [1.82, 2.24) is 5.32 Å². The third-order valence-corrected chi connectivity index (χ3v) is 4.43. The molecule has 0 spiro atoms. The van der Waals surface area contributed by atoms with Crippen molar-refractivity contribution in [3.05, 3.63) is 51.7 Å². The number of hydrogen-bond acceptors (Lipinski definition) is 3. The Balaban J connectivity index is 1.56. The van der Waals surface area contributed by atoms with Crippen molar-refractivity contribution in [2.24, 2.45) is 0 Å². The minimum Gasteiger partial charge on any atom is -0.384 e. The van der Waals surface area contributed by atoms with Crippen molar-refractivity contribution in [3.63, 3.8) is 0 Å². The van der Waals surface area contributed by atoms with Gasteiger partial charge in [0.05, 0.1) is 0 Å². The Kier molecular flexibility index (Phi) is 3.35.